The minimum absolute atomic E-state index is 0. The van der Waals surface area contributed by atoms with Gasteiger partial charge in [0.2, 0.25) is 0 Å². The lowest BCUT2D eigenvalue weighted by molar-refractivity contribution is 0.0953. The number of hydrogen-bond donors (Lipinski definition) is 1. The number of carbonyl (C=O) groups is 1. The van der Waals surface area contributed by atoms with Crippen LogP contribution in [0.15, 0.2) is 18.2 Å². The highest BCUT2D eigenvalue weighted by Gasteiger charge is 2.19. The van der Waals surface area contributed by atoms with Crippen molar-refractivity contribution in [2.24, 2.45) is 0 Å². The number of amides is 1. The minimum Gasteiger partial charge on any atom is -0.497 e. The molecule has 0 aliphatic carbocycles. The molecule has 0 spiro atoms. The van der Waals surface area contributed by atoms with E-state index in [1.807, 2.05) is 39.2 Å². The average Bonchev–Trinajstić information content (AvgIpc) is 2.76. The van der Waals surface area contributed by atoms with E-state index >= 15 is 0 Å². The van der Waals surface area contributed by atoms with Gasteiger partial charge in [0, 0.05) is 31.0 Å². The number of fused-ring (bicyclic) bond motifs is 1. The van der Waals surface area contributed by atoms with Gasteiger partial charge in [0.25, 0.3) is 5.91 Å². The lowest BCUT2D eigenvalue weighted by Crippen LogP contribution is -2.25. The summed E-state index contributed by atoms with van der Waals surface area (Å²) in [6.45, 7) is 3.63. The van der Waals surface area contributed by atoms with Crippen LogP contribution in [0.5, 0.6) is 5.75 Å². The van der Waals surface area contributed by atoms with Gasteiger partial charge in [-0.25, -0.2) is 0 Å². The summed E-state index contributed by atoms with van der Waals surface area (Å²) in [5, 5.41) is 3.80. The van der Waals surface area contributed by atoms with Crippen molar-refractivity contribution >= 4 is 29.2 Å². The number of aromatic nitrogens is 1. The Bertz CT molecular complexity index is 665. The van der Waals surface area contributed by atoms with E-state index < -0.39 is 0 Å². The van der Waals surface area contributed by atoms with Gasteiger partial charge in [-0.3, -0.25) is 4.79 Å². The molecule has 6 heteroatoms. The molecule has 0 saturated heterocycles. The van der Waals surface area contributed by atoms with E-state index in [9.17, 15) is 4.79 Å². The lowest BCUT2D eigenvalue weighted by Gasteiger charge is -2.14. The highest BCUT2D eigenvalue weighted by molar-refractivity contribution is 6.01. The number of methoxy groups -OCH3 is 1. The van der Waals surface area contributed by atoms with Gasteiger partial charge in [0.1, 0.15) is 11.4 Å². The van der Waals surface area contributed by atoms with Gasteiger partial charge in [-0.1, -0.05) is 0 Å². The van der Waals surface area contributed by atoms with Gasteiger partial charge < -0.3 is 19.5 Å². The van der Waals surface area contributed by atoms with Gasteiger partial charge >= 0.3 is 0 Å². The molecule has 0 bridgehead atoms. The van der Waals surface area contributed by atoms with E-state index in [2.05, 4.69) is 14.8 Å². The molecule has 1 heterocycles. The zero-order valence-corrected chi connectivity index (χ0v) is 14.6. The third kappa shape index (κ3) is 3.36. The number of likely N-dealkylation sites (N-methyl/N-ethyl adjacent to an activating group) is 1. The predicted octanol–water partition coefficient (Wildman–Crippen LogP) is 2.30. The molecule has 2 aromatic rings. The highest BCUT2D eigenvalue weighted by Crippen LogP contribution is 2.29. The van der Waals surface area contributed by atoms with E-state index in [-0.39, 0.29) is 18.3 Å². The van der Waals surface area contributed by atoms with Gasteiger partial charge in [-0.05, 0) is 44.8 Å². The summed E-state index contributed by atoms with van der Waals surface area (Å²) in [4.78, 5) is 14.4. The molecule has 0 unspecified atom stereocenters. The lowest BCUT2D eigenvalue weighted by atomic mass is 10.1. The van der Waals surface area contributed by atoms with Crippen LogP contribution in [0.4, 0.5) is 0 Å². The molecular formula is C16H24ClN3O2. The van der Waals surface area contributed by atoms with E-state index in [1.165, 1.54) is 0 Å². The smallest absolute Gasteiger partial charge is 0.267 e. The first-order valence-corrected chi connectivity index (χ1v) is 7.03. The van der Waals surface area contributed by atoms with E-state index in [0.29, 0.717) is 0 Å². The zero-order chi connectivity index (χ0) is 15.6. The summed E-state index contributed by atoms with van der Waals surface area (Å²) in [6.07, 6.45) is 0. The number of rotatable bonds is 5. The Morgan fingerprint density at radius 1 is 1.36 bits per heavy atom. The molecule has 2 rings (SSSR count). The third-order valence-electron chi connectivity index (χ3n) is 3.74. The summed E-state index contributed by atoms with van der Waals surface area (Å²) in [6, 6.07) is 5.94. The van der Waals surface area contributed by atoms with Crippen molar-refractivity contribution in [1.82, 2.24) is 14.8 Å². The van der Waals surface area contributed by atoms with Crippen LogP contribution in [0, 0.1) is 6.92 Å². The second-order valence-electron chi connectivity index (χ2n) is 5.39. The summed E-state index contributed by atoms with van der Waals surface area (Å²) >= 11 is 0. The molecule has 0 aliphatic heterocycles. The molecule has 5 nitrogen and oxygen atoms in total. The molecule has 122 valence electrons. The topological polar surface area (TPSA) is 46.5 Å². The summed E-state index contributed by atoms with van der Waals surface area (Å²) in [5.41, 5.74) is 2.78. The molecule has 0 radical (unpaired) electrons. The number of ether oxygens (including phenoxy) is 1. The molecule has 0 aliphatic rings. The summed E-state index contributed by atoms with van der Waals surface area (Å²) in [7, 11) is 7.37. The molecular weight excluding hydrogens is 302 g/mol. The molecule has 22 heavy (non-hydrogen) atoms. The first kappa shape index (κ1) is 18.3. The first-order valence-electron chi connectivity index (χ1n) is 7.03. The normalized spacial score (nSPS) is 10.6. The van der Waals surface area contributed by atoms with E-state index in [0.717, 1.165) is 41.0 Å². The number of benzene rings is 1. The molecule has 0 atom stereocenters. The zero-order valence-electron chi connectivity index (χ0n) is 13.8. The van der Waals surface area contributed by atoms with Crippen LogP contribution in [0.3, 0.4) is 0 Å². The van der Waals surface area contributed by atoms with Gasteiger partial charge in [0.05, 0.1) is 7.11 Å². The number of nitrogens with zero attached hydrogens (tertiary/aromatic N) is 2. The van der Waals surface area contributed by atoms with Crippen LogP contribution >= 0.6 is 12.4 Å². The van der Waals surface area contributed by atoms with Crippen molar-refractivity contribution < 1.29 is 9.53 Å². The fraction of sp³-hybridized carbons (Fsp3) is 0.438. The second kappa shape index (κ2) is 7.51. The largest absolute Gasteiger partial charge is 0.497 e. The third-order valence-corrected chi connectivity index (χ3v) is 3.74. The quantitative estimate of drug-likeness (QED) is 0.917. The fourth-order valence-electron chi connectivity index (χ4n) is 2.57. The van der Waals surface area contributed by atoms with E-state index in [4.69, 9.17) is 4.74 Å². The van der Waals surface area contributed by atoms with Crippen molar-refractivity contribution in [2.75, 3.05) is 34.8 Å². The Labute approximate surface area is 137 Å². The van der Waals surface area contributed by atoms with Crippen molar-refractivity contribution in [3.63, 3.8) is 0 Å². The van der Waals surface area contributed by atoms with Gasteiger partial charge in [0.15, 0.2) is 0 Å². The maximum Gasteiger partial charge on any atom is 0.267 e. The number of carbonyl (C=O) groups excluding carboxylic acids is 1. The molecule has 1 amide bonds. The van der Waals surface area contributed by atoms with Gasteiger partial charge in [-0.2, -0.15) is 0 Å². The van der Waals surface area contributed by atoms with Crippen molar-refractivity contribution in [2.45, 2.75) is 13.5 Å². The standard InChI is InChI=1S/C16H23N3O2.ClH/c1-11-13-10-12(21-5)6-7-14(13)19(9-8-18(3)4)15(11)16(20)17-2;/h6-7,10H,8-9H2,1-5H3,(H,17,20);1H. The Morgan fingerprint density at radius 3 is 2.59 bits per heavy atom. The number of hydrogen-bond acceptors (Lipinski definition) is 3. The second-order valence-corrected chi connectivity index (χ2v) is 5.39. The fourth-order valence-corrected chi connectivity index (χ4v) is 2.57. The Balaban J connectivity index is 0.00000242. The maximum atomic E-state index is 12.2. The number of nitrogens with one attached hydrogen (secondary N) is 1. The predicted molar refractivity (Wildman–Crippen MR) is 92.4 cm³/mol. The van der Waals surface area contributed by atoms with Crippen LogP contribution in [0.2, 0.25) is 0 Å². The molecule has 1 N–H and O–H groups in total. The van der Waals surface area contributed by atoms with Crippen LogP contribution in [0.25, 0.3) is 10.9 Å². The van der Waals surface area contributed by atoms with E-state index in [1.54, 1.807) is 14.2 Å². The van der Waals surface area contributed by atoms with Crippen molar-refractivity contribution in [3.8, 4) is 5.75 Å². The number of aryl methyl sites for hydroxylation is 1. The monoisotopic (exact) mass is 325 g/mol. The Morgan fingerprint density at radius 2 is 2.05 bits per heavy atom. The molecule has 0 fully saturated rings. The Kier molecular flexibility index (Phi) is 6.26. The molecule has 1 aromatic carbocycles. The van der Waals surface area contributed by atoms with Gasteiger partial charge in [-0.15, -0.1) is 12.4 Å². The molecule has 0 saturated carbocycles. The summed E-state index contributed by atoms with van der Waals surface area (Å²) < 4.78 is 7.38. The minimum atomic E-state index is -0.0542. The van der Waals surface area contributed by atoms with Crippen molar-refractivity contribution in [1.29, 1.82) is 0 Å². The van der Waals surface area contributed by atoms with Crippen LogP contribution in [-0.4, -0.2) is 50.2 Å². The van der Waals surface area contributed by atoms with Crippen molar-refractivity contribution in [3.05, 3.63) is 29.5 Å². The molecule has 1 aromatic heterocycles. The number of halogens is 1. The average molecular weight is 326 g/mol. The SMILES string of the molecule is CNC(=O)c1c(C)c2cc(OC)ccc2n1CCN(C)C.Cl. The van der Waals surface area contributed by atoms with Crippen LogP contribution in [0.1, 0.15) is 16.1 Å². The maximum absolute atomic E-state index is 12.2. The Hall–Kier alpha value is -1.72. The highest BCUT2D eigenvalue weighted by atomic mass is 35.5. The van der Waals surface area contributed by atoms with Crippen LogP contribution in [-0.2, 0) is 6.54 Å². The van der Waals surface area contributed by atoms with Crippen LogP contribution < -0.4 is 10.1 Å². The summed E-state index contributed by atoms with van der Waals surface area (Å²) in [5.74, 6) is 0.750. The first-order chi connectivity index (χ1) is 9.99.